The van der Waals surface area contributed by atoms with Gasteiger partial charge in [-0.2, -0.15) is 0 Å². The van der Waals surface area contributed by atoms with Crippen LogP contribution in [0, 0.1) is 0 Å². The van der Waals surface area contributed by atoms with E-state index < -0.39 is 12.1 Å². The van der Waals surface area contributed by atoms with Crippen molar-refractivity contribution in [3.63, 3.8) is 0 Å². The van der Waals surface area contributed by atoms with Crippen LogP contribution in [0.4, 0.5) is 0 Å². The van der Waals surface area contributed by atoms with Crippen LogP contribution >= 0.6 is 11.8 Å². The first kappa shape index (κ1) is 18.4. The second-order valence-corrected chi connectivity index (χ2v) is 8.31. The Kier molecular flexibility index (Phi) is 4.92. The average Bonchev–Trinajstić information content (AvgIpc) is 3.07. The smallest absolute Gasteiger partial charge is 0.234 e. The summed E-state index contributed by atoms with van der Waals surface area (Å²) in [6, 6.07) is 6.72. The fourth-order valence-electron chi connectivity index (χ4n) is 4.08. The van der Waals surface area contributed by atoms with Crippen molar-refractivity contribution in [2.24, 2.45) is 0 Å². The van der Waals surface area contributed by atoms with Gasteiger partial charge in [0.15, 0.2) is 5.78 Å². The lowest BCUT2D eigenvalue weighted by molar-refractivity contribution is -0.124. The van der Waals surface area contributed by atoms with Gasteiger partial charge in [0.2, 0.25) is 11.7 Å². The maximum absolute atomic E-state index is 13.1. The summed E-state index contributed by atoms with van der Waals surface area (Å²) in [5.41, 5.74) is -0.229. The minimum Gasteiger partial charge on any atom is -0.394 e. The zero-order chi connectivity index (χ0) is 19.0. The van der Waals surface area contributed by atoms with Crippen LogP contribution < -0.4 is 5.32 Å². The van der Waals surface area contributed by atoms with Crippen molar-refractivity contribution in [1.82, 2.24) is 10.2 Å². The summed E-state index contributed by atoms with van der Waals surface area (Å²) in [5, 5.41) is 13.0. The summed E-state index contributed by atoms with van der Waals surface area (Å²) in [7, 11) is 0. The zero-order valence-electron chi connectivity index (χ0n) is 15.0. The number of benzene rings is 1. The van der Waals surface area contributed by atoms with E-state index in [1.807, 2.05) is 0 Å². The number of carbonyl (C=O) groups is 3. The Bertz CT molecular complexity index is 844. The number of nitrogens with zero attached hydrogens (tertiary/aromatic N) is 1. The molecule has 4 rings (SSSR count). The molecule has 2 N–H and O–H groups in total. The normalized spacial score (nSPS) is 25.4. The molecule has 0 radical (unpaired) electrons. The molecule has 0 saturated carbocycles. The van der Waals surface area contributed by atoms with Crippen molar-refractivity contribution in [3.05, 3.63) is 45.9 Å². The topological polar surface area (TPSA) is 86.7 Å². The number of amides is 1. The van der Waals surface area contributed by atoms with Gasteiger partial charge in [-0.05, 0) is 25.9 Å². The Labute approximate surface area is 162 Å². The van der Waals surface area contributed by atoms with Gasteiger partial charge in [-0.25, -0.2) is 0 Å². The van der Waals surface area contributed by atoms with Crippen LogP contribution in [0.25, 0.3) is 0 Å². The van der Waals surface area contributed by atoms with Crippen LogP contribution in [0.3, 0.4) is 0 Å². The number of Topliss-reactive ketones (excluding diaryl/α,β-unsaturated/α-hetero) is 2. The van der Waals surface area contributed by atoms with Crippen molar-refractivity contribution in [1.29, 1.82) is 0 Å². The first-order chi connectivity index (χ1) is 13.1. The molecule has 7 heteroatoms. The molecule has 27 heavy (non-hydrogen) atoms. The molecule has 1 aliphatic carbocycles. The summed E-state index contributed by atoms with van der Waals surface area (Å²) in [4.78, 5) is 41.0. The lowest BCUT2D eigenvalue weighted by atomic mass is 9.80. The predicted octanol–water partition coefficient (Wildman–Crippen LogP) is 1.40. The summed E-state index contributed by atoms with van der Waals surface area (Å²) in [6.07, 6.45) is 3.34. The SMILES string of the molecule is O=C(CN1CCCCC1)NC1(CO)CSC2=C1C(=O)c1ccccc1C2=O. The number of rotatable bonds is 4. The highest BCUT2D eigenvalue weighted by molar-refractivity contribution is 8.04. The molecule has 1 amide bonds. The van der Waals surface area contributed by atoms with E-state index >= 15 is 0 Å². The number of nitrogens with one attached hydrogen (secondary N) is 1. The summed E-state index contributed by atoms with van der Waals surface area (Å²) < 4.78 is 0. The molecule has 3 aliphatic rings. The van der Waals surface area contributed by atoms with E-state index in [2.05, 4.69) is 10.2 Å². The highest BCUT2D eigenvalue weighted by atomic mass is 32.2. The molecule has 1 aromatic rings. The van der Waals surface area contributed by atoms with Gasteiger partial charge in [-0.1, -0.05) is 30.7 Å². The molecular weight excluding hydrogens is 364 g/mol. The van der Waals surface area contributed by atoms with Gasteiger partial charge in [-0.3, -0.25) is 19.3 Å². The molecule has 2 heterocycles. The maximum Gasteiger partial charge on any atom is 0.234 e. The number of aliphatic hydroxyl groups excluding tert-OH is 1. The Hall–Kier alpha value is -1.96. The van der Waals surface area contributed by atoms with Crippen LogP contribution in [-0.4, -0.2) is 65.0 Å². The standard InChI is InChI=1S/C20H22N2O4S/c23-11-20(21-15(24)10-22-8-4-1-5-9-22)12-27-19-16(20)17(25)13-6-2-3-7-14(13)18(19)26/h2-3,6-7,23H,1,4-5,8-12H2,(H,21,24). The van der Waals surface area contributed by atoms with Gasteiger partial charge in [0.1, 0.15) is 5.54 Å². The largest absolute Gasteiger partial charge is 0.394 e. The summed E-state index contributed by atoms with van der Waals surface area (Å²) in [6.45, 7) is 1.60. The Morgan fingerprint density at radius 3 is 2.44 bits per heavy atom. The Morgan fingerprint density at radius 2 is 1.78 bits per heavy atom. The highest BCUT2D eigenvalue weighted by Gasteiger charge is 2.50. The van der Waals surface area contributed by atoms with E-state index in [1.165, 1.54) is 18.2 Å². The number of hydrogen-bond acceptors (Lipinski definition) is 6. The van der Waals surface area contributed by atoms with E-state index in [4.69, 9.17) is 0 Å². The Morgan fingerprint density at radius 1 is 1.11 bits per heavy atom. The molecule has 0 spiro atoms. The third kappa shape index (κ3) is 3.13. The molecular formula is C20H22N2O4S. The third-order valence-electron chi connectivity index (χ3n) is 5.48. The summed E-state index contributed by atoms with van der Waals surface area (Å²) >= 11 is 1.24. The molecule has 0 aromatic heterocycles. The fraction of sp³-hybridized carbons (Fsp3) is 0.450. The first-order valence-corrected chi connectivity index (χ1v) is 10.2. The molecule has 1 aromatic carbocycles. The number of ketones is 2. The summed E-state index contributed by atoms with van der Waals surface area (Å²) in [5.74, 6) is -0.423. The second-order valence-electron chi connectivity index (χ2n) is 7.32. The Balaban J connectivity index is 1.61. The van der Waals surface area contributed by atoms with E-state index in [1.54, 1.807) is 24.3 Å². The van der Waals surface area contributed by atoms with Crippen LogP contribution in [0.2, 0.25) is 0 Å². The van der Waals surface area contributed by atoms with Gasteiger partial charge in [0, 0.05) is 22.5 Å². The molecule has 0 bridgehead atoms. The van der Waals surface area contributed by atoms with Crippen LogP contribution in [0.15, 0.2) is 34.7 Å². The molecule has 1 fully saturated rings. The number of allylic oxidation sites excluding steroid dienone is 1. The quantitative estimate of drug-likeness (QED) is 0.814. The van der Waals surface area contributed by atoms with Gasteiger partial charge >= 0.3 is 0 Å². The van der Waals surface area contributed by atoms with E-state index in [0.717, 1.165) is 25.9 Å². The number of carbonyl (C=O) groups excluding carboxylic acids is 3. The average molecular weight is 386 g/mol. The first-order valence-electron chi connectivity index (χ1n) is 9.26. The molecule has 2 aliphatic heterocycles. The van der Waals surface area contributed by atoms with Crippen LogP contribution in [-0.2, 0) is 4.79 Å². The van der Waals surface area contributed by atoms with E-state index in [-0.39, 0.29) is 35.3 Å². The van der Waals surface area contributed by atoms with Crippen LogP contribution in [0.5, 0.6) is 0 Å². The number of aliphatic hydroxyl groups is 1. The third-order valence-corrected chi connectivity index (χ3v) is 6.80. The number of thioether (sulfide) groups is 1. The minimum atomic E-state index is -1.20. The van der Waals surface area contributed by atoms with E-state index in [0.29, 0.717) is 16.0 Å². The molecule has 142 valence electrons. The van der Waals surface area contributed by atoms with Crippen molar-refractivity contribution in [2.45, 2.75) is 24.8 Å². The highest BCUT2D eigenvalue weighted by Crippen LogP contribution is 2.45. The lowest BCUT2D eigenvalue weighted by Gasteiger charge is -2.33. The van der Waals surface area contributed by atoms with Crippen molar-refractivity contribution >= 4 is 29.2 Å². The van der Waals surface area contributed by atoms with Gasteiger partial charge in [-0.15, -0.1) is 11.8 Å². The minimum absolute atomic E-state index is 0.203. The lowest BCUT2D eigenvalue weighted by Crippen LogP contribution is -2.57. The molecule has 6 nitrogen and oxygen atoms in total. The predicted molar refractivity (Wildman–Crippen MR) is 103 cm³/mol. The number of fused-ring (bicyclic) bond motifs is 1. The number of likely N-dealkylation sites (tertiary alicyclic amines) is 1. The number of hydrogen-bond donors (Lipinski definition) is 2. The van der Waals surface area contributed by atoms with Gasteiger partial charge < -0.3 is 10.4 Å². The molecule has 1 atom stereocenters. The second kappa shape index (κ2) is 7.22. The van der Waals surface area contributed by atoms with E-state index in [9.17, 15) is 19.5 Å². The fourth-order valence-corrected chi connectivity index (χ4v) is 5.45. The maximum atomic E-state index is 13.1. The van der Waals surface area contributed by atoms with Crippen LogP contribution in [0.1, 0.15) is 40.0 Å². The zero-order valence-corrected chi connectivity index (χ0v) is 15.8. The number of piperidine rings is 1. The molecule has 1 unspecified atom stereocenters. The van der Waals surface area contributed by atoms with Crippen molar-refractivity contribution in [2.75, 3.05) is 32.0 Å². The van der Waals surface area contributed by atoms with Crippen molar-refractivity contribution in [3.8, 4) is 0 Å². The van der Waals surface area contributed by atoms with Gasteiger partial charge in [0.25, 0.3) is 0 Å². The van der Waals surface area contributed by atoms with Gasteiger partial charge in [0.05, 0.1) is 18.1 Å². The van der Waals surface area contributed by atoms with Crippen molar-refractivity contribution < 1.29 is 19.5 Å². The molecule has 1 saturated heterocycles. The monoisotopic (exact) mass is 386 g/mol.